The van der Waals surface area contributed by atoms with Gasteiger partial charge in [0.2, 0.25) is 0 Å². The van der Waals surface area contributed by atoms with Gasteiger partial charge in [-0.15, -0.1) is 0 Å². The van der Waals surface area contributed by atoms with E-state index in [-0.39, 0.29) is 5.91 Å². The molecule has 0 aromatic heterocycles. The predicted octanol–water partition coefficient (Wildman–Crippen LogP) is 1.18. The SMILES string of the molecule is C[C@H](Oc1ccc(C(=O)NCCc2ccccc2)cc1)C(=O)[O-]. The molecule has 23 heavy (non-hydrogen) atoms. The molecular weight excluding hydrogens is 294 g/mol. The van der Waals surface area contributed by atoms with Crippen molar-refractivity contribution in [1.29, 1.82) is 0 Å². The van der Waals surface area contributed by atoms with Gasteiger partial charge in [0.25, 0.3) is 5.91 Å². The van der Waals surface area contributed by atoms with Gasteiger partial charge in [0.05, 0.1) is 5.97 Å². The van der Waals surface area contributed by atoms with Gasteiger partial charge in [-0.05, 0) is 43.2 Å². The van der Waals surface area contributed by atoms with E-state index in [0.717, 1.165) is 12.0 Å². The van der Waals surface area contributed by atoms with Crippen LogP contribution in [-0.4, -0.2) is 24.5 Å². The number of ether oxygens (including phenoxy) is 1. The highest BCUT2D eigenvalue weighted by molar-refractivity contribution is 5.94. The molecule has 1 amide bonds. The molecule has 0 saturated heterocycles. The fourth-order valence-corrected chi connectivity index (χ4v) is 2.00. The Balaban J connectivity index is 1.84. The average Bonchev–Trinajstić information content (AvgIpc) is 2.56. The molecule has 5 heteroatoms. The first-order valence-electron chi connectivity index (χ1n) is 7.36. The molecule has 0 aliphatic carbocycles. The van der Waals surface area contributed by atoms with Crippen molar-refractivity contribution in [2.45, 2.75) is 19.4 Å². The molecule has 0 aliphatic heterocycles. The van der Waals surface area contributed by atoms with Crippen LogP contribution in [0.25, 0.3) is 0 Å². The van der Waals surface area contributed by atoms with Gasteiger partial charge >= 0.3 is 0 Å². The van der Waals surface area contributed by atoms with Crippen LogP contribution in [0.4, 0.5) is 0 Å². The Bertz CT molecular complexity index is 652. The largest absolute Gasteiger partial charge is 0.546 e. The van der Waals surface area contributed by atoms with E-state index < -0.39 is 12.1 Å². The van der Waals surface area contributed by atoms with Crippen LogP contribution >= 0.6 is 0 Å². The molecule has 0 radical (unpaired) electrons. The molecule has 2 aromatic carbocycles. The number of carboxylic acids is 1. The van der Waals surface area contributed by atoms with Gasteiger partial charge in [0, 0.05) is 12.1 Å². The first-order valence-corrected chi connectivity index (χ1v) is 7.36. The van der Waals surface area contributed by atoms with E-state index in [1.165, 1.54) is 6.92 Å². The van der Waals surface area contributed by atoms with Gasteiger partial charge in [-0.1, -0.05) is 30.3 Å². The van der Waals surface area contributed by atoms with Gasteiger partial charge in [-0.25, -0.2) is 0 Å². The minimum absolute atomic E-state index is 0.180. The quantitative estimate of drug-likeness (QED) is 0.832. The Kier molecular flexibility index (Phi) is 5.74. The van der Waals surface area contributed by atoms with Crippen molar-refractivity contribution in [3.63, 3.8) is 0 Å². The van der Waals surface area contributed by atoms with Gasteiger partial charge in [-0.3, -0.25) is 4.79 Å². The van der Waals surface area contributed by atoms with Crippen molar-refractivity contribution in [1.82, 2.24) is 5.32 Å². The number of rotatable bonds is 7. The zero-order chi connectivity index (χ0) is 16.7. The normalized spacial score (nSPS) is 11.5. The zero-order valence-electron chi connectivity index (χ0n) is 12.8. The first-order chi connectivity index (χ1) is 11.1. The number of carbonyl (C=O) groups excluding carboxylic acids is 2. The number of hydrogen-bond acceptors (Lipinski definition) is 4. The Morgan fingerprint density at radius 2 is 1.74 bits per heavy atom. The van der Waals surface area contributed by atoms with E-state index in [0.29, 0.717) is 17.9 Å². The van der Waals surface area contributed by atoms with Crippen molar-refractivity contribution in [2.75, 3.05) is 6.54 Å². The monoisotopic (exact) mass is 312 g/mol. The van der Waals surface area contributed by atoms with Crippen molar-refractivity contribution in [2.24, 2.45) is 0 Å². The molecular formula is C18H18NO4-. The van der Waals surface area contributed by atoms with E-state index in [1.54, 1.807) is 24.3 Å². The fourth-order valence-electron chi connectivity index (χ4n) is 2.00. The number of amides is 1. The lowest BCUT2D eigenvalue weighted by Gasteiger charge is -2.15. The summed E-state index contributed by atoms with van der Waals surface area (Å²) >= 11 is 0. The van der Waals surface area contributed by atoms with E-state index in [4.69, 9.17) is 4.74 Å². The summed E-state index contributed by atoms with van der Waals surface area (Å²) in [4.78, 5) is 22.6. The summed E-state index contributed by atoms with van der Waals surface area (Å²) in [6.07, 6.45) is -0.280. The predicted molar refractivity (Wildman–Crippen MR) is 84.0 cm³/mol. The average molecular weight is 312 g/mol. The molecule has 0 bridgehead atoms. The minimum atomic E-state index is -1.28. The second-order valence-electron chi connectivity index (χ2n) is 5.09. The number of hydrogen-bond donors (Lipinski definition) is 1. The van der Waals surface area contributed by atoms with Crippen LogP contribution in [0.5, 0.6) is 5.75 Å². The van der Waals surface area contributed by atoms with Crippen LogP contribution in [0.15, 0.2) is 54.6 Å². The highest BCUT2D eigenvalue weighted by Crippen LogP contribution is 2.13. The molecule has 2 rings (SSSR count). The fraction of sp³-hybridized carbons (Fsp3) is 0.222. The van der Waals surface area contributed by atoms with E-state index in [1.807, 2.05) is 30.3 Å². The summed E-state index contributed by atoms with van der Waals surface area (Å²) in [5.41, 5.74) is 1.65. The second-order valence-corrected chi connectivity index (χ2v) is 5.09. The van der Waals surface area contributed by atoms with Crippen molar-refractivity contribution < 1.29 is 19.4 Å². The van der Waals surface area contributed by atoms with Crippen LogP contribution in [0.3, 0.4) is 0 Å². The van der Waals surface area contributed by atoms with Gasteiger partial charge in [0.15, 0.2) is 0 Å². The summed E-state index contributed by atoms with van der Waals surface area (Å²) in [5.74, 6) is -1.09. The molecule has 0 heterocycles. The Morgan fingerprint density at radius 1 is 1.09 bits per heavy atom. The van der Waals surface area contributed by atoms with Gasteiger partial charge < -0.3 is 20.0 Å². The van der Waals surface area contributed by atoms with Crippen LogP contribution in [0.1, 0.15) is 22.8 Å². The highest BCUT2D eigenvalue weighted by Gasteiger charge is 2.07. The summed E-state index contributed by atoms with van der Waals surface area (Å²) in [6.45, 7) is 1.93. The summed E-state index contributed by atoms with van der Waals surface area (Å²) in [7, 11) is 0. The van der Waals surface area contributed by atoms with E-state index in [9.17, 15) is 14.7 Å². The molecule has 0 aliphatic rings. The topological polar surface area (TPSA) is 78.5 Å². The van der Waals surface area contributed by atoms with Crippen LogP contribution in [-0.2, 0) is 11.2 Å². The third-order valence-corrected chi connectivity index (χ3v) is 3.30. The second kappa shape index (κ2) is 7.98. The highest BCUT2D eigenvalue weighted by atomic mass is 16.5. The lowest BCUT2D eigenvalue weighted by molar-refractivity contribution is -0.312. The Hall–Kier alpha value is -2.82. The molecule has 120 valence electrons. The molecule has 0 spiro atoms. The van der Waals surface area contributed by atoms with Crippen molar-refractivity contribution in [3.8, 4) is 5.75 Å². The maximum absolute atomic E-state index is 12.0. The lowest BCUT2D eigenvalue weighted by Crippen LogP contribution is -2.37. The third-order valence-electron chi connectivity index (χ3n) is 3.30. The third kappa shape index (κ3) is 5.14. The lowest BCUT2D eigenvalue weighted by atomic mass is 10.1. The molecule has 1 N–H and O–H groups in total. The minimum Gasteiger partial charge on any atom is -0.546 e. The molecule has 0 unspecified atom stereocenters. The summed E-state index contributed by atoms with van der Waals surface area (Å²) in [5, 5.41) is 13.5. The Morgan fingerprint density at radius 3 is 2.35 bits per heavy atom. The molecule has 1 atom stereocenters. The number of aliphatic carboxylic acids is 1. The number of carbonyl (C=O) groups is 2. The van der Waals surface area contributed by atoms with Gasteiger partial charge in [-0.2, -0.15) is 0 Å². The number of benzene rings is 2. The smallest absolute Gasteiger partial charge is 0.251 e. The molecule has 2 aromatic rings. The van der Waals surface area contributed by atoms with Crippen LogP contribution < -0.4 is 15.2 Å². The summed E-state index contributed by atoms with van der Waals surface area (Å²) < 4.78 is 5.16. The standard InChI is InChI=1S/C18H19NO4/c1-13(18(21)22)23-16-9-7-15(8-10-16)17(20)19-12-11-14-5-3-2-4-6-14/h2-10,13H,11-12H2,1H3,(H,19,20)(H,21,22)/p-1/t13-/m0/s1. The first kappa shape index (κ1) is 16.5. The molecule has 5 nitrogen and oxygen atoms in total. The maximum atomic E-state index is 12.0. The molecule has 0 saturated carbocycles. The van der Waals surface area contributed by atoms with Crippen molar-refractivity contribution >= 4 is 11.9 Å². The van der Waals surface area contributed by atoms with Crippen LogP contribution in [0, 0.1) is 0 Å². The summed E-state index contributed by atoms with van der Waals surface area (Å²) in [6, 6.07) is 16.2. The Labute approximate surface area is 134 Å². The maximum Gasteiger partial charge on any atom is 0.251 e. The number of nitrogens with one attached hydrogen (secondary N) is 1. The van der Waals surface area contributed by atoms with E-state index >= 15 is 0 Å². The number of carboxylic acid groups (broad SMARTS) is 1. The van der Waals surface area contributed by atoms with Crippen molar-refractivity contribution in [3.05, 3.63) is 65.7 Å². The zero-order valence-corrected chi connectivity index (χ0v) is 12.8. The van der Waals surface area contributed by atoms with Crippen LogP contribution in [0.2, 0.25) is 0 Å². The molecule has 0 fully saturated rings. The van der Waals surface area contributed by atoms with Gasteiger partial charge in [0.1, 0.15) is 11.9 Å². The van der Waals surface area contributed by atoms with E-state index in [2.05, 4.69) is 5.32 Å².